The summed E-state index contributed by atoms with van der Waals surface area (Å²) in [5.41, 5.74) is 1.34. The molecule has 1 amide bonds. The van der Waals surface area contributed by atoms with Crippen molar-refractivity contribution in [1.82, 2.24) is 14.5 Å². The van der Waals surface area contributed by atoms with Gasteiger partial charge in [-0.05, 0) is 53.9 Å². The smallest absolute Gasteiger partial charge is 0.336 e. The van der Waals surface area contributed by atoms with Gasteiger partial charge >= 0.3 is 5.69 Å². The molecule has 34 heavy (non-hydrogen) atoms. The molecule has 7 heteroatoms. The van der Waals surface area contributed by atoms with Gasteiger partial charge in [-0.1, -0.05) is 49.7 Å². The number of para-hydroxylation sites is 1. The lowest BCUT2D eigenvalue weighted by atomic mass is 10.1. The second-order valence-corrected chi connectivity index (χ2v) is 8.20. The summed E-state index contributed by atoms with van der Waals surface area (Å²) in [6.45, 7) is 2.82. The summed E-state index contributed by atoms with van der Waals surface area (Å²) in [5.74, 6) is -0.459. The third-order valence-electron chi connectivity index (χ3n) is 5.69. The molecular weight excluding hydrogens is 433 g/mol. The fourth-order valence-corrected chi connectivity index (χ4v) is 3.93. The summed E-state index contributed by atoms with van der Waals surface area (Å²) in [7, 11) is 0. The molecule has 0 saturated heterocycles. The molecule has 174 valence electrons. The SMILES string of the molecule is CCCCNC(=O)Cc1ccc(-n2c(=O)c3ccccc3n(Cc3cccc(F)c3)c2=O)cc1. The van der Waals surface area contributed by atoms with Gasteiger partial charge < -0.3 is 5.32 Å². The van der Waals surface area contributed by atoms with E-state index in [9.17, 15) is 18.8 Å². The Morgan fingerprint density at radius 2 is 1.71 bits per heavy atom. The van der Waals surface area contributed by atoms with Gasteiger partial charge in [-0.2, -0.15) is 0 Å². The maximum Gasteiger partial charge on any atom is 0.336 e. The van der Waals surface area contributed by atoms with E-state index >= 15 is 0 Å². The third kappa shape index (κ3) is 4.98. The highest BCUT2D eigenvalue weighted by Gasteiger charge is 2.15. The molecule has 0 unspecified atom stereocenters. The summed E-state index contributed by atoms with van der Waals surface area (Å²) in [6.07, 6.45) is 2.16. The van der Waals surface area contributed by atoms with E-state index in [1.165, 1.54) is 16.7 Å². The predicted molar refractivity (Wildman–Crippen MR) is 131 cm³/mol. The summed E-state index contributed by atoms with van der Waals surface area (Å²) < 4.78 is 16.3. The van der Waals surface area contributed by atoms with E-state index in [-0.39, 0.29) is 18.9 Å². The van der Waals surface area contributed by atoms with Crippen LogP contribution >= 0.6 is 0 Å². The maximum atomic E-state index is 13.7. The fourth-order valence-electron chi connectivity index (χ4n) is 3.93. The second kappa shape index (κ2) is 10.3. The number of nitrogens with one attached hydrogen (secondary N) is 1. The zero-order valence-electron chi connectivity index (χ0n) is 19.0. The van der Waals surface area contributed by atoms with Crippen LogP contribution in [-0.4, -0.2) is 21.6 Å². The topological polar surface area (TPSA) is 73.1 Å². The summed E-state index contributed by atoms with van der Waals surface area (Å²) >= 11 is 0. The molecule has 1 N–H and O–H groups in total. The van der Waals surface area contributed by atoms with Crippen molar-refractivity contribution in [2.24, 2.45) is 0 Å². The Hall–Kier alpha value is -4.00. The zero-order valence-corrected chi connectivity index (χ0v) is 19.0. The van der Waals surface area contributed by atoms with Crippen LogP contribution in [0.4, 0.5) is 4.39 Å². The van der Waals surface area contributed by atoms with Crippen LogP contribution < -0.4 is 16.6 Å². The van der Waals surface area contributed by atoms with Crippen molar-refractivity contribution >= 4 is 16.8 Å². The number of aromatic nitrogens is 2. The van der Waals surface area contributed by atoms with Gasteiger partial charge in [0.25, 0.3) is 5.56 Å². The van der Waals surface area contributed by atoms with Gasteiger partial charge in [0.05, 0.1) is 29.6 Å². The first kappa shape index (κ1) is 23.2. The maximum absolute atomic E-state index is 13.7. The van der Waals surface area contributed by atoms with E-state index in [1.54, 1.807) is 60.7 Å². The molecule has 0 aliphatic rings. The minimum absolute atomic E-state index is 0.0680. The summed E-state index contributed by atoms with van der Waals surface area (Å²) in [6, 6.07) is 19.7. The van der Waals surface area contributed by atoms with Gasteiger partial charge in [-0.15, -0.1) is 0 Å². The molecule has 4 rings (SSSR count). The van der Waals surface area contributed by atoms with Crippen molar-refractivity contribution in [2.45, 2.75) is 32.7 Å². The van der Waals surface area contributed by atoms with E-state index in [0.717, 1.165) is 23.0 Å². The number of hydrogen-bond acceptors (Lipinski definition) is 3. The number of carbonyl (C=O) groups is 1. The van der Waals surface area contributed by atoms with Crippen molar-refractivity contribution in [3.63, 3.8) is 0 Å². The molecule has 0 atom stereocenters. The second-order valence-electron chi connectivity index (χ2n) is 8.20. The number of unbranched alkanes of at least 4 members (excludes halogenated alkanes) is 1. The molecule has 0 spiro atoms. The van der Waals surface area contributed by atoms with E-state index < -0.39 is 17.1 Å². The van der Waals surface area contributed by atoms with Crippen LogP contribution in [0.5, 0.6) is 0 Å². The van der Waals surface area contributed by atoms with Crippen LogP contribution in [0.1, 0.15) is 30.9 Å². The fraction of sp³-hybridized carbons (Fsp3) is 0.222. The van der Waals surface area contributed by atoms with E-state index in [0.29, 0.717) is 28.7 Å². The molecule has 3 aromatic carbocycles. The van der Waals surface area contributed by atoms with Crippen molar-refractivity contribution in [1.29, 1.82) is 0 Å². The van der Waals surface area contributed by atoms with E-state index in [2.05, 4.69) is 12.2 Å². The first-order valence-corrected chi connectivity index (χ1v) is 11.3. The van der Waals surface area contributed by atoms with Crippen molar-refractivity contribution < 1.29 is 9.18 Å². The van der Waals surface area contributed by atoms with Crippen LogP contribution in [0, 0.1) is 5.82 Å². The third-order valence-corrected chi connectivity index (χ3v) is 5.69. The van der Waals surface area contributed by atoms with Gasteiger partial charge in [0, 0.05) is 6.54 Å². The largest absolute Gasteiger partial charge is 0.356 e. The van der Waals surface area contributed by atoms with Crippen LogP contribution in [0.25, 0.3) is 16.6 Å². The highest BCUT2D eigenvalue weighted by molar-refractivity contribution is 5.79. The average molecular weight is 460 g/mol. The monoisotopic (exact) mass is 459 g/mol. The Bertz CT molecular complexity index is 1440. The van der Waals surface area contributed by atoms with Gasteiger partial charge in [0.15, 0.2) is 0 Å². The van der Waals surface area contributed by atoms with Crippen LogP contribution in [0.15, 0.2) is 82.4 Å². The van der Waals surface area contributed by atoms with Crippen LogP contribution in [0.3, 0.4) is 0 Å². The number of hydrogen-bond donors (Lipinski definition) is 1. The summed E-state index contributed by atoms with van der Waals surface area (Å²) in [5, 5.41) is 3.26. The molecule has 1 aromatic heterocycles. The molecule has 0 aliphatic heterocycles. The number of carbonyl (C=O) groups excluding carboxylic acids is 1. The molecule has 4 aromatic rings. The van der Waals surface area contributed by atoms with E-state index in [4.69, 9.17) is 0 Å². The van der Waals surface area contributed by atoms with Gasteiger partial charge in [0.2, 0.25) is 5.91 Å². The minimum atomic E-state index is -0.516. The Labute approximate surface area is 196 Å². The normalized spacial score (nSPS) is 11.0. The van der Waals surface area contributed by atoms with Crippen LogP contribution in [-0.2, 0) is 17.8 Å². The molecule has 0 saturated carbocycles. The number of fused-ring (bicyclic) bond motifs is 1. The number of halogens is 1. The van der Waals surface area contributed by atoms with Gasteiger partial charge in [0.1, 0.15) is 5.82 Å². The minimum Gasteiger partial charge on any atom is -0.356 e. The molecule has 0 fully saturated rings. The van der Waals surface area contributed by atoms with Crippen molar-refractivity contribution in [2.75, 3.05) is 6.54 Å². The highest BCUT2D eigenvalue weighted by atomic mass is 19.1. The van der Waals surface area contributed by atoms with Gasteiger partial charge in [-0.3, -0.25) is 14.2 Å². The number of nitrogens with zero attached hydrogens (tertiary/aromatic N) is 2. The predicted octanol–water partition coefficient (Wildman–Crippen LogP) is 3.80. The quantitative estimate of drug-likeness (QED) is 0.408. The average Bonchev–Trinajstić information content (AvgIpc) is 2.83. The Morgan fingerprint density at radius 3 is 2.44 bits per heavy atom. The van der Waals surface area contributed by atoms with E-state index in [1.807, 2.05) is 0 Å². The Kier molecular flexibility index (Phi) is 7.01. The number of amides is 1. The lowest BCUT2D eigenvalue weighted by molar-refractivity contribution is -0.120. The zero-order chi connectivity index (χ0) is 24.1. The molecule has 0 aliphatic carbocycles. The first-order valence-electron chi connectivity index (χ1n) is 11.3. The molecule has 6 nitrogen and oxygen atoms in total. The Morgan fingerprint density at radius 1 is 0.941 bits per heavy atom. The molecule has 0 bridgehead atoms. The van der Waals surface area contributed by atoms with Crippen molar-refractivity contribution in [3.05, 3.63) is 111 Å². The number of benzene rings is 3. The standard InChI is InChI=1S/C27H26FN3O3/c1-2-3-15-29-25(32)17-19-11-13-22(14-12-19)31-26(33)23-9-4-5-10-24(23)30(27(31)34)18-20-7-6-8-21(28)16-20/h4-14,16H,2-3,15,17-18H2,1H3,(H,29,32). The molecule has 0 radical (unpaired) electrons. The molecule has 1 heterocycles. The lowest BCUT2D eigenvalue weighted by Gasteiger charge is -2.15. The summed E-state index contributed by atoms with van der Waals surface area (Å²) in [4.78, 5) is 38.8. The van der Waals surface area contributed by atoms with Crippen molar-refractivity contribution in [3.8, 4) is 5.69 Å². The lowest BCUT2D eigenvalue weighted by Crippen LogP contribution is -2.39. The number of rotatable bonds is 8. The van der Waals surface area contributed by atoms with Gasteiger partial charge in [-0.25, -0.2) is 13.8 Å². The highest BCUT2D eigenvalue weighted by Crippen LogP contribution is 2.14. The first-order chi connectivity index (χ1) is 16.5. The van der Waals surface area contributed by atoms with Crippen LogP contribution in [0.2, 0.25) is 0 Å². The molecular formula is C27H26FN3O3. The Balaban J connectivity index is 1.72.